The van der Waals surface area contributed by atoms with Crippen molar-refractivity contribution in [2.24, 2.45) is 0 Å². The average Bonchev–Trinajstić information content (AvgIpc) is 3.30. The molecule has 184 valence electrons. The van der Waals surface area contributed by atoms with Gasteiger partial charge in [0, 0.05) is 48.4 Å². The van der Waals surface area contributed by atoms with Crippen molar-refractivity contribution in [3.63, 3.8) is 0 Å². The summed E-state index contributed by atoms with van der Waals surface area (Å²) in [5.41, 5.74) is 3.24. The minimum atomic E-state index is -0.131. The quantitative estimate of drug-likeness (QED) is 0.342. The van der Waals surface area contributed by atoms with Crippen molar-refractivity contribution >= 4 is 34.1 Å². The fourth-order valence-electron chi connectivity index (χ4n) is 3.75. The minimum Gasteiger partial charge on any atom is -0.495 e. The number of halogens is 2. The lowest BCUT2D eigenvalue weighted by atomic mass is 10.0. The van der Waals surface area contributed by atoms with Crippen molar-refractivity contribution in [1.29, 1.82) is 0 Å². The van der Waals surface area contributed by atoms with Gasteiger partial charge in [0.15, 0.2) is 5.82 Å². The van der Waals surface area contributed by atoms with Crippen molar-refractivity contribution in [1.82, 2.24) is 24.7 Å². The first-order valence-electron chi connectivity index (χ1n) is 10.8. The third kappa shape index (κ3) is 4.77. The first-order valence-corrected chi connectivity index (χ1v) is 11.6. The predicted molar refractivity (Wildman–Crippen MR) is 134 cm³/mol. The van der Waals surface area contributed by atoms with Gasteiger partial charge < -0.3 is 19.3 Å². The summed E-state index contributed by atoms with van der Waals surface area (Å²) in [6.07, 6.45) is 5.09. The Balaban J connectivity index is 1.82. The van der Waals surface area contributed by atoms with E-state index in [1.165, 1.54) is 14.2 Å². The Labute approximate surface area is 212 Å². The van der Waals surface area contributed by atoms with Crippen LogP contribution in [0, 0.1) is 0 Å². The van der Waals surface area contributed by atoms with Crippen LogP contribution < -0.4 is 9.47 Å². The molecular weight excluding hydrogens is 493 g/mol. The minimum absolute atomic E-state index is 0.0208. The lowest BCUT2D eigenvalue weighted by molar-refractivity contribution is 0.184. The summed E-state index contributed by atoms with van der Waals surface area (Å²) in [7, 11) is 4.67. The summed E-state index contributed by atoms with van der Waals surface area (Å²) in [6, 6.07) is 3.44. The lowest BCUT2D eigenvalue weighted by Gasteiger charge is -2.15. The molecule has 0 aliphatic carbocycles. The molecule has 9 nitrogen and oxygen atoms in total. The van der Waals surface area contributed by atoms with Crippen molar-refractivity contribution < 1.29 is 19.3 Å². The Kier molecular flexibility index (Phi) is 7.71. The topological polar surface area (TPSA) is 104 Å². The number of nitrogens with zero attached hydrogens (tertiary/aromatic N) is 5. The highest BCUT2D eigenvalue weighted by Gasteiger charge is 2.22. The van der Waals surface area contributed by atoms with E-state index in [0.717, 1.165) is 16.6 Å². The van der Waals surface area contributed by atoms with Gasteiger partial charge in [0.1, 0.15) is 17.2 Å². The van der Waals surface area contributed by atoms with E-state index in [-0.39, 0.29) is 12.5 Å². The van der Waals surface area contributed by atoms with Crippen LogP contribution in [0.15, 0.2) is 30.7 Å². The van der Waals surface area contributed by atoms with Crippen LogP contribution in [0.5, 0.6) is 11.5 Å². The number of aromatic nitrogens is 5. The van der Waals surface area contributed by atoms with Crippen molar-refractivity contribution in [2.75, 3.05) is 34.5 Å². The molecule has 0 bridgehead atoms. The molecule has 4 rings (SSSR count). The molecule has 4 aromatic rings. The largest absolute Gasteiger partial charge is 0.495 e. The highest BCUT2D eigenvalue weighted by Crippen LogP contribution is 2.45. The van der Waals surface area contributed by atoms with Crippen LogP contribution in [0.4, 0.5) is 0 Å². The number of pyridine rings is 1. The van der Waals surface area contributed by atoms with E-state index in [0.29, 0.717) is 57.3 Å². The van der Waals surface area contributed by atoms with Crippen molar-refractivity contribution in [2.45, 2.75) is 19.4 Å². The summed E-state index contributed by atoms with van der Waals surface area (Å²) in [5, 5.41) is 15.6. The summed E-state index contributed by atoms with van der Waals surface area (Å²) >= 11 is 13.1. The van der Waals surface area contributed by atoms with E-state index in [4.69, 9.17) is 42.4 Å². The van der Waals surface area contributed by atoms with Crippen LogP contribution in [-0.2, 0) is 11.3 Å². The van der Waals surface area contributed by atoms with Crippen molar-refractivity contribution in [3.05, 3.63) is 46.3 Å². The van der Waals surface area contributed by atoms with Crippen LogP contribution in [0.3, 0.4) is 0 Å². The molecule has 1 N–H and O–H groups in total. The molecule has 1 unspecified atom stereocenters. The maximum atomic E-state index is 9.72. The average molecular weight is 518 g/mol. The van der Waals surface area contributed by atoms with Gasteiger partial charge in [0.2, 0.25) is 0 Å². The Morgan fingerprint density at radius 1 is 1.00 bits per heavy atom. The number of methoxy groups -OCH3 is 3. The highest BCUT2D eigenvalue weighted by atomic mass is 35.5. The van der Waals surface area contributed by atoms with Gasteiger partial charge in [-0.25, -0.2) is 9.97 Å². The van der Waals surface area contributed by atoms with E-state index in [1.54, 1.807) is 36.4 Å². The number of hydrogen-bond donors (Lipinski definition) is 1. The van der Waals surface area contributed by atoms with E-state index in [9.17, 15) is 5.11 Å². The molecule has 0 radical (unpaired) electrons. The number of benzene rings is 1. The monoisotopic (exact) mass is 517 g/mol. The summed E-state index contributed by atoms with van der Waals surface area (Å²) in [5.74, 6) is 1.20. The molecule has 0 saturated carbocycles. The van der Waals surface area contributed by atoms with Crippen LogP contribution in [0.2, 0.25) is 10.0 Å². The third-order valence-corrected chi connectivity index (χ3v) is 6.44. The van der Waals surface area contributed by atoms with Gasteiger partial charge in [-0.1, -0.05) is 30.1 Å². The van der Waals surface area contributed by atoms with E-state index in [2.05, 4.69) is 15.1 Å². The Hall–Kier alpha value is -2.98. The second-order valence-corrected chi connectivity index (χ2v) is 8.61. The van der Waals surface area contributed by atoms with Gasteiger partial charge in [-0.05, 0) is 6.07 Å². The van der Waals surface area contributed by atoms with Gasteiger partial charge in [-0.15, -0.1) is 0 Å². The zero-order valence-corrected chi connectivity index (χ0v) is 21.3. The standard InChI is InChI=1S/C24H25Cl2N5O4/c1-13(12-32)15-10-29-31(5-6-33-2)23(15)24-28-9-14-7-16(27-11-17(14)30-24)20-21(25)18(34-3)8-19(35-4)22(20)26/h7-11,13,32H,5-6,12H2,1-4H3. The lowest BCUT2D eigenvalue weighted by Crippen LogP contribution is -2.10. The summed E-state index contributed by atoms with van der Waals surface area (Å²) in [4.78, 5) is 13.9. The van der Waals surface area contributed by atoms with Gasteiger partial charge in [0.05, 0.1) is 61.0 Å². The number of aliphatic hydroxyl groups is 1. The van der Waals surface area contributed by atoms with E-state index in [1.807, 2.05) is 13.0 Å². The van der Waals surface area contributed by atoms with Gasteiger partial charge in [-0.2, -0.15) is 5.10 Å². The highest BCUT2D eigenvalue weighted by molar-refractivity contribution is 6.41. The molecule has 35 heavy (non-hydrogen) atoms. The van der Waals surface area contributed by atoms with Crippen LogP contribution >= 0.6 is 23.2 Å². The second-order valence-electron chi connectivity index (χ2n) is 7.85. The summed E-state index contributed by atoms with van der Waals surface area (Å²) < 4.78 is 17.7. The van der Waals surface area contributed by atoms with Gasteiger partial charge in [-0.3, -0.25) is 9.67 Å². The number of rotatable bonds is 9. The number of aliphatic hydroxyl groups excluding tert-OH is 1. The molecule has 1 aromatic carbocycles. The first kappa shape index (κ1) is 25.1. The summed E-state index contributed by atoms with van der Waals surface area (Å²) in [6.45, 7) is 2.90. The fraction of sp³-hybridized carbons (Fsp3) is 0.333. The molecule has 0 amide bonds. The number of ether oxygens (including phenoxy) is 3. The maximum Gasteiger partial charge on any atom is 0.178 e. The van der Waals surface area contributed by atoms with Gasteiger partial charge >= 0.3 is 0 Å². The van der Waals surface area contributed by atoms with Crippen LogP contribution in [-0.4, -0.2) is 64.4 Å². The Morgan fingerprint density at radius 3 is 2.34 bits per heavy atom. The van der Waals surface area contributed by atoms with E-state index >= 15 is 0 Å². The molecular formula is C24H25Cl2N5O4. The zero-order chi connectivity index (χ0) is 25.1. The molecule has 0 aliphatic rings. The number of hydrogen-bond acceptors (Lipinski definition) is 8. The van der Waals surface area contributed by atoms with E-state index < -0.39 is 0 Å². The molecule has 11 heteroatoms. The molecule has 0 spiro atoms. The molecule has 3 heterocycles. The molecule has 0 aliphatic heterocycles. The SMILES string of the molecule is COCCn1ncc(C(C)CO)c1-c1ncc2cc(-c3c(Cl)c(OC)cc(OC)c3Cl)ncc2n1. The first-order chi connectivity index (χ1) is 16.9. The second kappa shape index (κ2) is 10.7. The fourth-order valence-corrected chi connectivity index (χ4v) is 4.44. The Bertz CT molecular complexity index is 1330. The number of fused-ring (bicyclic) bond motifs is 1. The smallest absolute Gasteiger partial charge is 0.178 e. The molecule has 0 saturated heterocycles. The van der Waals surface area contributed by atoms with Crippen LogP contribution in [0.25, 0.3) is 33.7 Å². The zero-order valence-electron chi connectivity index (χ0n) is 19.7. The Morgan fingerprint density at radius 2 is 1.71 bits per heavy atom. The molecule has 0 fully saturated rings. The van der Waals surface area contributed by atoms with Gasteiger partial charge in [0.25, 0.3) is 0 Å². The maximum absolute atomic E-state index is 9.72. The third-order valence-electron chi connectivity index (χ3n) is 5.69. The molecule has 3 aromatic heterocycles. The predicted octanol–water partition coefficient (Wildman–Crippen LogP) is 4.62. The van der Waals surface area contributed by atoms with Crippen LogP contribution in [0.1, 0.15) is 18.4 Å². The molecule has 1 atom stereocenters. The normalized spacial score (nSPS) is 12.2. The van der Waals surface area contributed by atoms with Crippen molar-refractivity contribution in [3.8, 4) is 34.3 Å².